The van der Waals surface area contributed by atoms with Gasteiger partial charge in [0.2, 0.25) is 5.91 Å². The van der Waals surface area contributed by atoms with E-state index in [1.165, 1.54) is 22.9 Å². The lowest BCUT2D eigenvalue weighted by Gasteiger charge is -2.48. The number of hydrogen-bond donors (Lipinski definition) is 0. The van der Waals surface area contributed by atoms with E-state index in [2.05, 4.69) is 73.1 Å². The van der Waals surface area contributed by atoms with Gasteiger partial charge in [0.05, 0.1) is 0 Å². The van der Waals surface area contributed by atoms with E-state index < -0.39 is 5.41 Å². The highest BCUT2D eigenvalue weighted by Crippen LogP contribution is 2.38. The zero-order chi connectivity index (χ0) is 28.0. The Balaban J connectivity index is 2.08. The van der Waals surface area contributed by atoms with Crippen LogP contribution in [0.3, 0.4) is 0 Å². The monoisotopic (exact) mass is 516 g/mol. The largest absolute Gasteiger partial charge is 0.368 e. The third-order valence-corrected chi connectivity index (χ3v) is 7.41. The molecule has 3 rings (SSSR count). The number of piperazine rings is 1. The fourth-order valence-electron chi connectivity index (χ4n) is 5.43. The Labute approximate surface area is 229 Å². The number of carbonyl (C=O) groups excluding carboxylic acids is 1. The summed E-state index contributed by atoms with van der Waals surface area (Å²) in [5, 5.41) is 0. The summed E-state index contributed by atoms with van der Waals surface area (Å²) in [5.41, 5.74) is 6.45. The van der Waals surface area contributed by atoms with Crippen molar-refractivity contribution in [2.75, 3.05) is 13.1 Å². The minimum absolute atomic E-state index is 0.116. The van der Waals surface area contributed by atoms with Gasteiger partial charge >= 0.3 is 0 Å². The van der Waals surface area contributed by atoms with Crippen molar-refractivity contribution in [1.29, 1.82) is 0 Å². The average Bonchev–Trinajstić information content (AvgIpc) is 3.03. The van der Waals surface area contributed by atoms with E-state index >= 15 is 0 Å². The van der Waals surface area contributed by atoms with Crippen molar-refractivity contribution in [2.45, 2.75) is 80.3 Å². The van der Waals surface area contributed by atoms with E-state index in [1.54, 1.807) is 12.1 Å². The lowest BCUT2D eigenvalue weighted by molar-refractivity contribution is -0.145. The lowest BCUT2D eigenvalue weighted by atomic mass is 9.89. The average molecular weight is 517 g/mol. The Morgan fingerprint density at radius 1 is 1.05 bits per heavy atom. The molecule has 3 nitrogen and oxygen atoms in total. The summed E-state index contributed by atoms with van der Waals surface area (Å²) < 4.78 is 14.1. The molecule has 4 heteroatoms. The maximum Gasteiger partial charge on any atom is 0.228 e. The highest BCUT2D eigenvalue weighted by atomic mass is 19.1. The van der Waals surface area contributed by atoms with Crippen molar-refractivity contribution in [1.82, 2.24) is 9.80 Å². The molecule has 1 aromatic carbocycles. The third-order valence-electron chi connectivity index (χ3n) is 7.41. The summed E-state index contributed by atoms with van der Waals surface area (Å²) in [6.45, 7) is 18.2. The predicted molar refractivity (Wildman–Crippen MR) is 159 cm³/mol. The minimum atomic E-state index is -0.394. The van der Waals surface area contributed by atoms with E-state index in [0.29, 0.717) is 6.54 Å². The maximum absolute atomic E-state index is 14.1. The van der Waals surface area contributed by atoms with E-state index in [9.17, 15) is 9.18 Å². The first-order chi connectivity index (χ1) is 18.0. The molecule has 0 saturated carbocycles. The van der Waals surface area contributed by atoms with Crippen LogP contribution in [0.5, 0.6) is 0 Å². The van der Waals surface area contributed by atoms with Gasteiger partial charge in [-0.1, -0.05) is 75.4 Å². The van der Waals surface area contributed by atoms with Gasteiger partial charge in [-0.05, 0) is 81.9 Å². The number of benzene rings is 1. The van der Waals surface area contributed by atoms with Crippen molar-refractivity contribution in [3.8, 4) is 0 Å². The van der Waals surface area contributed by atoms with Gasteiger partial charge in [-0.3, -0.25) is 4.79 Å². The van der Waals surface area contributed by atoms with Crippen molar-refractivity contribution in [3.05, 3.63) is 101 Å². The van der Waals surface area contributed by atoms with Gasteiger partial charge in [0.1, 0.15) is 5.82 Å². The minimum Gasteiger partial charge on any atom is -0.368 e. The van der Waals surface area contributed by atoms with Gasteiger partial charge in [0.15, 0.2) is 0 Å². The van der Waals surface area contributed by atoms with Crippen LogP contribution < -0.4 is 0 Å². The summed E-state index contributed by atoms with van der Waals surface area (Å²) >= 11 is 0. The van der Waals surface area contributed by atoms with Gasteiger partial charge in [-0.25, -0.2) is 4.39 Å². The molecule has 0 unspecified atom stereocenters. The predicted octanol–water partition coefficient (Wildman–Crippen LogP) is 8.25. The first-order valence-corrected chi connectivity index (χ1v) is 13.9. The van der Waals surface area contributed by atoms with Crippen molar-refractivity contribution >= 4 is 11.5 Å². The topological polar surface area (TPSA) is 23.6 Å². The summed E-state index contributed by atoms with van der Waals surface area (Å²) in [5.74, 6) is -0.0103. The molecule has 1 aliphatic carbocycles. The summed E-state index contributed by atoms with van der Waals surface area (Å²) in [6, 6.07) is 7.18. The molecule has 1 heterocycles. The Hall–Kier alpha value is -3.14. The van der Waals surface area contributed by atoms with Gasteiger partial charge in [-0.15, -0.1) is 0 Å². The van der Waals surface area contributed by atoms with E-state index in [0.717, 1.165) is 36.1 Å². The Kier molecular flexibility index (Phi) is 9.76. The van der Waals surface area contributed by atoms with E-state index in [1.807, 2.05) is 40.7 Å². The Morgan fingerprint density at radius 2 is 1.74 bits per heavy atom. The quantitative estimate of drug-likeness (QED) is 0.368. The molecular weight excluding hydrogens is 471 g/mol. The number of carbonyl (C=O) groups is 1. The number of rotatable bonds is 5. The molecular formula is C34H45FN2O. The molecule has 1 aromatic rings. The summed E-state index contributed by atoms with van der Waals surface area (Å²) in [6.07, 6.45) is 16.7. The van der Waals surface area contributed by atoms with Gasteiger partial charge < -0.3 is 9.80 Å². The van der Waals surface area contributed by atoms with Gasteiger partial charge in [0.25, 0.3) is 0 Å². The van der Waals surface area contributed by atoms with Crippen molar-refractivity contribution in [3.63, 3.8) is 0 Å². The molecule has 204 valence electrons. The third kappa shape index (κ3) is 6.83. The molecule has 1 aliphatic heterocycles. The molecule has 0 spiro atoms. The Bertz CT molecular complexity index is 1210. The number of hydrogen-bond acceptors (Lipinski definition) is 2. The second kappa shape index (κ2) is 12.6. The van der Waals surface area contributed by atoms with Crippen LogP contribution in [0.2, 0.25) is 0 Å². The van der Waals surface area contributed by atoms with Crippen molar-refractivity contribution < 1.29 is 9.18 Å². The lowest BCUT2D eigenvalue weighted by Crippen LogP contribution is -2.59. The van der Waals surface area contributed by atoms with Crippen LogP contribution in [0.4, 0.5) is 4.39 Å². The molecule has 2 atom stereocenters. The fraction of sp³-hybridized carbons (Fsp3) is 0.441. The summed E-state index contributed by atoms with van der Waals surface area (Å²) in [4.78, 5) is 17.7. The first kappa shape index (κ1) is 29.4. The number of allylic oxidation sites excluding steroid dienone is 12. The van der Waals surface area contributed by atoms with Crippen LogP contribution in [0.25, 0.3) is 5.57 Å². The molecule has 38 heavy (non-hydrogen) atoms. The van der Waals surface area contributed by atoms with Crippen molar-refractivity contribution in [2.24, 2.45) is 5.41 Å². The molecule has 1 fully saturated rings. The molecule has 0 bridgehead atoms. The van der Waals surface area contributed by atoms with E-state index in [-0.39, 0.29) is 23.8 Å². The van der Waals surface area contributed by atoms with Crippen LogP contribution in [0.1, 0.15) is 73.8 Å². The standard InChI is InChI=1S/C34H45FN2O/c1-9-11-12-15-30-20-29(28-16-13-17-31(35)21-28)19-18-27(14-10-2)32(30)26(5)36-22-25(4)37(23-24(36)3)33(38)34(6,7)8/h9-11,13-19,21,24-25H,12,20,22-23H2,1-8H3/b11-9-,14-10-,30-15-,32-26+/t24-,25+/m0/s1. The molecule has 0 aromatic heterocycles. The van der Waals surface area contributed by atoms with Crippen LogP contribution in [-0.4, -0.2) is 40.9 Å². The molecule has 1 saturated heterocycles. The zero-order valence-electron chi connectivity index (χ0n) is 24.5. The van der Waals surface area contributed by atoms with Crippen LogP contribution in [-0.2, 0) is 4.79 Å². The van der Waals surface area contributed by atoms with Gasteiger partial charge in [-0.2, -0.15) is 0 Å². The molecule has 0 radical (unpaired) electrons. The van der Waals surface area contributed by atoms with Crippen LogP contribution in [0, 0.1) is 11.2 Å². The second-order valence-electron chi connectivity index (χ2n) is 11.6. The maximum atomic E-state index is 14.1. The normalized spacial score (nSPS) is 23.7. The Morgan fingerprint density at radius 3 is 2.37 bits per heavy atom. The molecule has 0 N–H and O–H groups in total. The SMILES string of the molecule is C/C=C\C/C=C1/CC(c2cccc(F)c2)=CC=C(/C=C\C)/C1=C(/C)N1C[C@@H](C)N(C(=O)C(C)(C)C)C[C@@H]1C. The smallest absolute Gasteiger partial charge is 0.228 e. The molecule has 1 amide bonds. The van der Waals surface area contributed by atoms with E-state index in [4.69, 9.17) is 0 Å². The van der Waals surface area contributed by atoms with Crippen LogP contribution >= 0.6 is 0 Å². The summed E-state index contributed by atoms with van der Waals surface area (Å²) in [7, 11) is 0. The number of nitrogens with zero attached hydrogens (tertiary/aromatic N) is 2. The second-order valence-corrected chi connectivity index (χ2v) is 11.6. The zero-order valence-corrected chi connectivity index (χ0v) is 24.5. The highest BCUT2D eigenvalue weighted by Gasteiger charge is 2.37. The number of halogens is 1. The van der Waals surface area contributed by atoms with Crippen LogP contribution in [0.15, 0.2) is 89.2 Å². The fourth-order valence-corrected chi connectivity index (χ4v) is 5.43. The molecule has 2 aliphatic rings. The first-order valence-electron chi connectivity index (χ1n) is 13.9. The highest BCUT2D eigenvalue weighted by molar-refractivity contribution is 5.82. The number of amides is 1. The van der Waals surface area contributed by atoms with Gasteiger partial charge in [0, 0.05) is 41.9 Å².